The Kier molecular flexibility index (Phi) is 7.39. The van der Waals surface area contributed by atoms with Crippen molar-refractivity contribution in [1.29, 1.82) is 0 Å². The predicted octanol–water partition coefficient (Wildman–Crippen LogP) is 3.12. The molecule has 2 amide bonds. The van der Waals surface area contributed by atoms with Crippen molar-refractivity contribution in [2.75, 3.05) is 33.9 Å². The summed E-state index contributed by atoms with van der Waals surface area (Å²) in [5.74, 6) is 1.38. The normalized spacial score (nSPS) is 14.1. The van der Waals surface area contributed by atoms with Gasteiger partial charge in [0.25, 0.3) is 11.8 Å². The van der Waals surface area contributed by atoms with Gasteiger partial charge in [-0.3, -0.25) is 9.59 Å². The molecule has 0 bridgehead atoms. The maximum Gasteiger partial charge on any atom is 0.261 e. The molecule has 7 heteroatoms. The zero-order chi connectivity index (χ0) is 22.4. The summed E-state index contributed by atoms with van der Waals surface area (Å²) in [7, 11) is 3.07. The fourth-order valence-corrected chi connectivity index (χ4v) is 3.67. The molecule has 0 saturated carbocycles. The largest absolute Gasteiger partial charge is 0.496 e. The summed E-state index contributed by atoms with van der Waals surface area (Å²) in [6, 6.07) is 11.1. The fourth-order valence-electron chi connectivity index (χ4n) is 3.67. The Morgan fingerprint density at radius 1 is 1.00 bits per heavy atom. The number of carbonyl (C=O) groups is 2. The number of methoxy groups -OCH3 is 2. The van der Waals surface area contributed by atoms with E-state index in [9.17, 15) is 9.59 Å². The number of hydrogen-bond acceptors (Lipinski definition) is 5. The topological polar surface area (TPSA) is 77.1 Å². The highest BCUT2D eigenvalue weighted by Crippen LogP contribution is 2.30. The van der Waals surface area contributed by atoms with Gasteiger partial charge in [0.1, 0.15) is 22.8 Å². The van der Waals surface area contributed by atoms with E-state index < -0.39 is 0 Å². The number of amides is 2. The molecule has 0 radical (unpaired) electrons. The quantitative estimate of drug-likeness (QED) is 0.736. The molecule has 0 spiro atoms. The van der Waals surface area contributed by atoms with Crippen LogP contribution in [0, 0.1) is 13.8 Å². The molecule has 1 aliphatic rings. The number of carbonyl (C=O) groups excluding carboxylic acids is 2. The SMILES string of the molecule is COc1cccc(OC)c1C(=O)N1CCC(NC(=O)COc2ccc(C)c(C)c2)CC1. The summed E-state index contributed by atoms with van der Waals surface area (Å²) in [5.41, 5.74) is 2.74. The highest BCUT2D eigenvalue weighted by atomic mass is 16.5. The third-order valence-corrected chi connectivity index (χ3v) is 5.64. The number of benzene rings is 2. The van der Waals surface area contributed by atoms with Gasteiger partial charge in [0.05, 0.1) is 14.2 Å². The highest BCUT2D eigenvalue weighted by molar-refractivity contribution is 5.99. The summed E-state index contributed by atoms with van der Waals surface area (Å²) in [6.45, 7) is 5.11. The monoisotopic (exact) mass is 426 g/mol. The average molecular weight is 427 g/mol. The van der Waals surface area contributed by atoms with Crippen LogP contribution in [-0.4, -0.2) is 56.7 Å². The van der Waals surface area contributed by atoms with Crippen LogP contribution in [0.25, 0.3) is 0 Å². The molecule has 2 aromatic rings. The minimum Gasteiger partial charge on any atom is -0.496 e. The first-order valence-electron chi connectivity index (χ1n) is 10.4. The number of ether oxygens (including phenoxy) is 3. The summed E-state index contributed by atoms with van der Waals surface area (Å²) < 4.78 is 16.3. The van der Waals surface area contributed by atoms with Crippen molar-refractivity contribution < 1.29 is 23.8 Å². The lowest BCUT2D eigenvalue weighted by molar-refractivity contribution is -0.124. The Morgan fingerprint density at radius 2 is 1.65 bits per heavy atom. The Morgan fingerprint density at radius 3 is 2.23 bits per heavy atom. The molecule has 0 aromatic heterocycles. The molecule has 1 N–H and O–H groups in total. The van der Waals surface area contributed by atoms with Crippen LogP contribution >= 0.6 is 0 Å². The van der Waals surface area contributed by atoms with E-state index >= 15 is 0 Å². The molecule has 166 valence electrons. The number of nitrogens with one attached hydrogen (secondary N) is 1. The highest BCUT2D eigenvalue weighted by Gasteiger charge is 2.28. The maximum atomic E-state index is 13.1. The van der Waals surface area contributed by atoms with E-state index in [4.69, 9.17) is 14.2 Å². The Labute approximate surface area is 183 Å². The van der Waals surface area contributed by atoms with Gasteiger partial charge in [0.15, 0.2) is 6.61 Å². The van der Waals surface area contributed by atoms with E-state index in [2.05, 4.69) is 5.32 Å². The maximum absolute atomic E-state index is 13.1. The number of hydrogen-bond donors (Lipinski definition) is 1. The second-order valence-electron chi connectivity index (χ2n) is 7.71. The molecule has 2 aromatic carbocycles. The smallest absolute Gasteiger partial charge is 0.261 e. The van der Waals surface area contributed by atoms with Gasteiger partial charge in [-0.15, -0.1) is 0 Å². The molecule has 1 saturated heterocycles. The second-order valence-corrected chi connectivity index (χ2v) is 7.71. The zero-order valence-corrected chi connectivity index (χ0v) is 18.6. The van der Waals surface area contributed by atoms with E-state index in [1.54, 1.807) is 23.1 Å². The van der Waals surface area contributed by atoms with Crippen molar-refractivity contribution in [3.8, 4) is 17.2 Å². The first kappa shape index (κ1) is 22.5. The van der Waals surface area contributed by atoms with Gasteiger partial charge in [-0.25, -0.2) is 0 Å². The number of piperidine rings is 1. The molecule has 31 heavy (non-hydrogen) atoms. The van der Waals surface area contributed by atoms with Crippen molar-refractivity contribution >= 4 is 11.8 Å². The summed E-state index contributed by atoms with van der Waals surface area (Å²) in [5, 5.41) is 3.01. The fraction of sp³-hybridized carbons (Fsp3) is 0.417. The molecule has 1 heterocycles. The lowest BCUT2D eigenvalue weighted by Crippen LogP contribution is -2.47. The van der Waals surface area contributed by atoms with E-state index in [-0.39, 0.29) is 24.5 Å². The van der Waals surface area contributed by atoms with Crippen LogP contribution in [0.5, 0.6) is 17.2 Å². The van der Waals surface area contributed by atoms with Gasteiger partial charge in [-0.1, -0.05) is 12.1 Å². The molecular weight excluding hydrogens is 396 g/mol. The van der Waals surface area contributed by atoms with Crippen LogP contribution < -0.4 is 19.5 Å². The van der Waals surface area contributed by atoms with Crippen LogP contribution in [0.4, 0.5) is 0 Å². The standard InChI is InChI=1S/C24H30N2O5/c1-16-8-9-19(14-17(16)2)31-15-22(27)25-18-10-12-26(13-11-18)24(28)23-20(29-3)6-5-7-21(23)30-4/h5-9,14,18H,10-13,15H2,1-4H3,(H,25,27). The molecule has 1 aliphatic heterocycles. The molecule has 1 fully saturated rings. The van der Waals surface area contributed by atoms with Gasteiger partial charge in [0, 0.05) is 19.1 Å². The van der Waals surface area contributed by atoms with Gasteiger partial charge >= 0.3 is 0 Å². The van der Waals surface area contributed by atoms with Gasteiger partial charge in [0.2, 0.25) is 0 Å². The Hall–Kier alpha value is -3.22. The van der Waals surface area contributed by atoms with Crippen LogP contribution in [-0.2, 0) is 4.79 Å². The molecule has 0 aliphatic carbocycles. The second kappa shape index (κ2) is 10.2. The van der Waals surface area contributed by atoms with E-state index in [1.165, 1.54) is 19.8 Å². The third-order valence-electron chi connectivity index (χ3n) is 5.64. The van der Waals surface area contributed by atoms with Crippen molar-refractivity contribution in [2.24, 2.45) is 0 Å². The zero-order valence-electron chi connectivity index (χ0n) is 18.6. The van der Waals surface area contributed by atoms with Crippen LogP contribution in [0.15, 0.2) is 36.4 Å². The van der Waals surface area contributed by atoms with Crippen LogP contribution in [0.3, 0.4) is 0 Å². The number of rotatable bonds is 7. The summed E-state index contributed by atoms with van der Waals surface area (Å²) in [4.78, 5) is 27.1. The molecular formula is C24H30N2O5. The lowest BCUT2D eigenvalue weighted by atomic mass is 10.0. The molecule has 3 rings (SSSR count). The van der Waals surface area contributed by atoms with E-state index in [1.807, 2.05) is 32.0 Å². The van der Waals surface area contributed by atoms with Gasteiger partial charge in [-0.2, -0.15) is 0 Å². The Bertz CT molecular complexity index is 913. The number of likely N-dealkylation sites (tertiary alicyclic amines) is 1. The first-order chi connectivity index (χ1) is 14.9. The molecule has 7 nitrogen and oxygen atoms in total. The molecule has 0 unspecified atom stereocenters. The average Bonchev–Trinajstić information content (AvgIpc) is 2.79. The Balaban J connectivity index is 1.51. The minimum atomic E-state index is -0.158. The summed E-state index contributed by atoms with van der Waals surface area (Å²) >= 11 is 0. The lowest BCUT2D eigenvalue weighted by Gasteiger charge is -2.33. The molecule has 0 atom stereocenters. The van der Waals surface area contributed by atoms with Crippen molar-refractivity contribution in [2.45, 2.75) is 32.7 Å². The van der Waals surface area contributed by atoms with Gasteiger partial charge < -0.3 is 24.4 Å². The van der Waals surface area contributed by atoms with Gasteiger partial charge in [-0.05, 0) is 62.1 Å². The first-order valence-corrected chi connectivity index (χ1v) is 10.4. The van der Waals surface area contributed by atoms with Crippen molar-refractivity contribution in [3.63, 3.8) is 0 Å². The van der Waals surface area contributed by atoms with Crippen LogP contribution in [0.2, 0.25) is 0 Å². The third kappa shape index (κ3) is 5.48. The van der Waals surface area contributed by atoms with Crippen molar-refractivity contribution in [1.82, 2.24) is 10.2 Å². The minimum absolute atomic E-state index is 0.0134. The van der Waals surface area contributed by atoms with Crippen molar-refractivity contribution in [3.05, 3.63) is 53.1 Å². The van der Waals surface area contributed by atoms with Crippen LogP contribution in [0.1, 0.15) is 34.3 Å². The summed E-state index contributed by atoms with van der Waals surface area (Å²) in [6.07, 6.45) is 1.36. The van der Waals surface area contributed by atoms with E-state index in [0.717, 1.165) is 5.56 Å². The number of nitrogens with zero attached hydrogens (tertiary/aromatic N) is 1. The van der Waals surface area contributed by atoms with E-state index in [0.29, 0.717) is 48.7 Å². The number of aryl methyl sites for hydroxylation is 2. The predicted molar refractivity (Wildman–Crippen MR) is 118 cm³/mol.